The molecule has 0 unspecified atom stereocenters. The topological polar surface area (TPSA) is 90.0 Å². The SMILES string of the molecule is Cc1ncoc1-n1ncc2c1C(=O)NC(=O)C2. The van der Waals surface area contributed by atoms with Crippen LogP contribution in [0.15, 0.2) is 17.0 Å². The molecule has 1 aliphatic rings. The van der Waals surface area contributed by atoms with Gasteiger partial charge in [-0.05, 0) is 6.92 Å². The third-order valence-corrected chi connectivity index (χ3v) is 2.58. The van der Waals surface area contributed by atoms with Crippen molar-refractivity contribution in [3.05, 3.63) is 29.5 Å². The number of oxazole rings is 1. The van der Waals surface area contributed by atoms with Gasteiger partial charge >= 0.3 is 0 Å². The largest absolute Gasteiger partial charge is 0.425 e. The van der Waals surface area contributed by atoms with E-state index in [0.717, 1.165) is 0 Å². The van der Waals surface area contributed by atoms with E-state index in [1.807, 2.05) is 0 Å². The number of nitrogens with one attached hydrogen (secondary N) is 1. The highest BCUT2D eigenvalue weighted by molar-refractivity contribution is 6.08. The van der Waals surface area contributed by atoms with Crippen LogP contribution in [0.25, 0.3) is 5.88 Å². The first-order valence-corrected chi connectivity index (χ1v) is 4.98. The number of nitrogens with zero attached hydrogens (tertiary/aromatic N) is 3. The van der Waals surface area contributed by atoms with E-state index in [9.17, 15) is 9.59 Å². The standard InChI is InChI=1S/C10H8N4O3/c1-5-10(17-4-11-5)14-8-6(3-12-14)2-7(15)13-9(8)16/h3-4H,2H2,1H3,(H,13,15,16). The number of carbonyl (C=O) groups excluding carboxylic acids is 2. The van der Waals surface area contributed by atoms with E-state index in [1.54, 1.807) is 6.92 Å². The van der Waals surface area contributed by atoms with Crippen molar-refractivity contribution >= 4 is 11.8 Å². The lowest BCUT2D eigenvalue weighted by Crippen LogP contribution is -2.38. The molecule has 0 saturated carbocycles. The molecule has 0 aliphatic carbocycles. The molecule has 2 amide bonds. The molecular weight excluding hydrogens is 224 g/mol. The molecule has 1 aliphatic heterocycles. The van der Waals surface area contributed by atoms with Crippen molar-refractivity contribution in [3.63, 3.8) is 0 Å². The third kappa shape index (κ3) is 1.36. The molecule has 7 nitrogen and oxygen atoms in total. The van der Waals surface area contributed by atoms with Crippen molar-refractivity contribution in [1.82, 2.24) is 20.1 Å². The van der Waals surface area contributed by atoms with Gasteiger partial charge in [-0.25, -0.2) is 4.98 Å². The van der Waals surface area contributed by atoms with Crippen LogP contribution in [-0.2, 0) is 11.2 Å². The summed E-state index contributed by atoms with van der Waals surface area (Å²) in [6.45, 7) is 1.75. The van der Waals surface area contributed by atoms with Crippen LogP contribution in [0.5, 0.6) is 0 Å². The average molecular weight is 232 g/mol. The monoisotopic (exact) mass is 232 g/mol. The number of fused-ring (bicyclic) bond motifs is 1. The minimum absolute atomic E-state index is 0.147. The van der Waals surface area contributed by atoms with Gasteiger partial charge in [-0.15, -0.1) is 0 Å². The maximum absolute atomic E-state index is 11.7. The molecule has 0 saturated heterocycles. The van der Waals surface area contributed by atoms with Crippen molar-refractivity contribution in [3.8, 4) is 5.88 Å². The molecule has 0 radical (unpaired) electrons. The van der Waals surface area contributed by atoms with Crippen LogP contribution in [0.2, 0.25) is 0 Å². The first-order valence-electron chi connectivity index (χ1n) is 4.98. The molecule has 0 fully saturated rings. The Morgan fingerprint density at radius 1 is 1.47 bits per heavy atom. The maximum Gasteiger partial charge on any atom is 0.277 e. The summed E-state index contributed by atoms with van der Waals surface area (Å²) in [5, 5.41) is 6.30. The summed E-state index contributed by atoms with van der Waals surface area (Å²) in [7, 11) is 0. The number of hydrogen-bond donors (Lipinski definition) is 1. The number of aromatic nitrogens is 3. The van der Waals surface area contributed by atoms with Gasteiger partial charge < -0.3 is 4.42 Å². The first kappa shape index (κ1) is 9.76. The first-order chi connectivity index (χ1) is 8.16. The lowest BCUT2D eigenvalue weighted by atomic mass is 10.1. The minimum atomic E-state index is -0.468. The Kier molecular flexibility index (Phi) is 1.88. The normalized spacial score (nSPS) is 14.6. The molecule has 0 bridgehead atoms. The van der Waals surface area contributed by atoms with Crippen LogP contribution in [0.4, 0.5) is 0 Å². The zero-order valence-corrected chi connectivity index (χ0v) is 8.93. The summed E-state index contributed by atoms with van der Waals surface area (Å²) in [6.07, 6.45) is 2.92. The lowest BCUT2D eigenvalue weighted by molar-refractivity contribution is -0.119. The Morgan fingerprint density at radius 3 is 3.00 bits per heavy atom. The number of carbonyl (C=O) groups is 2. The smallest absolute Gasteiger partial charge is 0.277 e. The Morgan fingerprint density at radius 2 is 2.29 bits per heavy atom. The third-order valence-electron chi connectivity index (χ3n) is 2.58. The van der Waals surface area contributed by atoms with E-state index in [0.29, 0.717) is 22.8 Å². The second-order valence-electron chi connectivity index (χ2n) is 3.73. The number of imide groups is 1. The zero-order chi connectivity index (χ0) is 12.0. The number of hydrogen-bond acceptors (Lipinski definition) is 5. The Labute approximate surface area is 95.4 Å². The van der Waals surface area contributed by atoms with Crippen molar-refractivity contribution in [1.29, 1.82) is 0 Å². The van der Waals surface area contributed by atoms with E-state index in [2.05, 4.69) is 15.4 Å². The van der Waals surface area contributed by atoms with Gasteiger partial charge in [-0.1, -0.05) is 0 Å². The van der Waals surface area contributed by atoms with Gasteiger partial charge in [-0.3, -0.25) is 14.9 Å². The molecule has 17 heavy (non-hydrogen) atoms. The van der Waals surface area contributed by atoms with E-state index in [1.165, 1.54) is 17.3 Å². The lowest BCUT2D eigenvalue weighted by Gasteiger charge is -2.12. The highest BCUT2D eigenvalue weighted by Crippen LogP contribution is 2.20. The van der Waals surface area contributed by atoms with Crippen LogP contribution in [0.1, 0.15) is 21.7 Å². The number of amides is 2. The van der Waals surface area contributed by atoms with Crippen molar-refractivity contribution < 1.29 is 14.0 Å². The summed E-state index contributed by atoms with van der Waals surface area (Å²) in [6, 6.07) is 0. The molecular formula is C10H8N4O3. The van der Waals surface area contributed by atoms with Gasteiger partial charge in [-0.2, -0.15) is 9.78 Å². The highest BCUT2D eigenvalue weighted by atomic mass is 16.4. The van der Waals surface area contributed by atoms with Gasteiger partial charge in [0.15, 0.2) is 6.39 Å². The van der Waals surface area contributed by atoms with Gasteiger partial charge in [0.25, 0.3) is 5.91 Å². The van der Waals surface area contributed by atoms with Gasteiger partial charge in [0.2, 0.25) is 11.8 Å². The highest BCUT2D eigenvalue weighted by Gasteiger charge is 2.29. The summed E-state index contributed by atoms with van der Waals surface area (Å²) < 4.78 is 6.53. The number of aryl methyl sites for hydroxylation is 1. The Bertz CT molecular complexity index is 625. The van der Waals surface area contributed by atoms with Gasteiger partial charge in [0.05, 0.1) is 12.6 Å². The molecule has 2 aromatic rings. The van der Waals surface area contributed by atoms with Crippen LogP contribution in [-0.4, -0.2) is 26.6 Å². The fourth-order valence-electron chi connectivity index (χ4n) is 1.81. The molecule has 86 valence electrons. The van der Waals surface area contributed by atoms with Crippen molar-refractivity contribution in [2.75, 3.05) is 0 Å². The van der Waals surface area contributed by atoms with Crippen LogP contribution in [0, 0.1) is 6.92 Å². The summed E-state index contributed by atoms with van der Waals surface area (Å²) >= 11 is 0. The number of rotatable bonds is 1. The predicted octanol–water partition coefficient (Wildman–Crippen LogP) is -0.0188. The van der Waals surface area contributed by atoms with E-state index in [-0.39, 0.29) is 12.3 Å². The Hall–Kier alpha value is -2.44. The van der Waals surface area contributed by atoms with Gasteiger partial charge in [0, 0.05) is 5.56 Å². The maximum atomic E-state index is 11.7. The molecule has 2 aromatic heterocycles. The van der Waals surface area contributed by atoms with Crippen LogP contribution in [0.3, 0.4) is 0 Å². The van der Waals surface area contributed by atoms with E-state index >= 15 is 0 Å². The molecule has 3 rings (SSSR count). The quantitative estimate of drug-likeness (QED) is 0.698. The summed E-state index contributed by atoms with van der Waals surface area (Å²) in [5.74, 6) is -0.406. The molecule has 0 spiro atoms. The molecule has 7 heteroatoms. The summed E-state index contributed by atoms with van der Waals surface area (Å²) in [4.78, 5) is 26.9. The van der Waals surface area contributed by atoms with Crippen LogP contribution >= 0.6 is 0 Å². The molecule has 0 aromatic carbocycles. The second-order valence-corrected chi connectivity index (χ2v) is 3.73. The van der Waals surface area contributed by atoms with Crippen molar-refractivity contribution in [2.45, 2.75) is 13.3 Å². The zero-order valence-electron chi connectivity index (χ0n) is 8.93. The molecule has 1 N–H and O–H groups in total. The summed E-state index contributed by atoms with van der Waals surface area (Å²) in [5.41, 5.74) is 1.54. The van der Waals surface area contributed by atoms with Crippen LogP contribution < -0.4 is 5.32 Å². The van der Waals surface area contributed by atoms with E-state index in [4.69, 9.17) is 4.42 Å². The second kappa shape index (κ2) is 3.27. The Balaban J connectivity index is 2.19. The molecule has 3 heterocycles. The average Bonchev–Trinajstić information content (AvgIpc) is 2.83. The van der Waals surface area contributed by atoms with E-state index < -0.39 is 5.91 Å². The van der Waals surface area contributed by atoms with Crippen molar-refractivity contribution in [2.24, 2.45) is 0 Å². The molecule has 0 atom stereocenters. The minimum Gasteiger partial charge on any atom is -0.425 e. The predicted molar refractivity (Wildman–Crippen MR) is 54.5 cm³/mol. The van der Waals surface area contributed by atoms with Gasteiger partial charge in [0.1, 0.15) is 11.4 Å². The fourth-order valence-corrected chi connectivity index (χ4v) is 1.81. The fraction of sp³-hybridized carbons (Fsp3) is 0.200.